The van der Waals surface area contributed by atoms with Gasteiger partial charge in [-0.3, -0.25) is 0 Å². The summed E-state index contributed by atoms with van der Waals surface area (Å²) in [5, 5.41) is 7.00. The van der Waals surface area contributed by atoms with Gasteiger partial charge in [-0.1, -0.05) is 0 Å². The summed E-state index contributed by atoms with van der Waals surface area (Å²) >= 11 is 0. The van der Waals surface area contributed by atoms with Crippen molar-refractivity contribution in [3.8, 4) is 0 Å². The van der Waals surface area contributed by atoms with Crippen LogP contribution in [0.5, 0.6) is 0 Å². The fraction of sp³-hybridized carbons (Fsp3) is 0.944. The molecule has 0 radical (unpaired) electrons. The number of morpholine rings is 1. The van der Waals surface area contributed by atoms with Crippen molar-refractivity contribution in [1.82, 2.24) is 9.21 Å². The van der Waals surface area contributed by atoms with Gasteiger partial charge < -0.3 is 19.5 Å². The maximum atomic E-state index is 12.6. The number of fused-ring (bicyclic) bond motifs is 1. The monoisotopic (exact) mass is 458 g/mol. The van der Waals surface area contributed by atoms with Crippen molar-refractivity contribution in [3.05, 3.63) is 0 Å². The molecule has 2 aliphatic heterocycles. The first-order valence-electron chi connectivity index (χ1n) is 10.4. The van der Waals surface area contributed by atoms with Gasteiger partial charge in [0.05, 0.1) is 30.6 Å². The summed E-state index contributed by atoms with van der Waals surface area (Å²) in [7, 11) is -3.11. The van der Waals surface area contributed by atoms with Gasteiger partial charge >= 0.3 is 12.1 Å². The Bertz CT molecular complexity index is 695. The Morgan fingerprint density at radius 3 is 2.30 bits per heavy atom. The van der Waals surface area contributed by atoms with Gasteiger partial charge in [-0.25, -0.2) is 13.2 Å². The smallest absolute Gasteiger partial charge is 0.475 e. The molecule has 3 atom stereocenters. The zero-order valence-corrected chi connectivity index (χ0v) is 17.5. The average Bonchev–Trinajstić information content (AvgIpc) is 3.28. The highest BCUT2D eigenvalue weighted by atomic mass is 32.2. The number of aliphatic carboxylic acids is 1. The van der Waals surface area contributed by atoms with Crippen LogP contribution in [0.25, 0.3) is 0 Å². The lowest BCUT2D eigenvalue weighted by Gasteiger charge is -2.38. The second-order valence-corrected chi connectivity index (χ2v) is 10.3. The van der Waals surface area contributed by atoms with E-state index in [1.807, 2.05) is 0 Å². The molecule has 0 aromatic carbocycles. The lowest BCUT2D eigenvalue weighted by atomic mass is 10.1. The fourth-order valence-electron chi connectivity index (χ4n) is 4.27. The first-order valence-corrected chi connectivity index (χ1v) is 11.9. The second-order valence-electron chi connectivity index (χ2n) is 8.10. The van der Waals surface area contributed by atoms with Gasteiger partial charge in [0.2, 0.25) is 10.0 Å². The van der Waals surface area contributed by atoms with E-state index in [9.17, 15) is 21.6 Å². The number of hydrogen-bond donors (Lipinski definition) is 1. The summed E-state index contributed by atoms with van der Waals surface area (Å²) in [6.45, 7) is 5.10. The summed E-state index contributed by atoms with van der Waals surface area (Å²) < 4.78 is 70.7. The van der Waals surface area contributed by atoms with E-state index in [1.165, 1.54) is 25.9 Å². The molecule has 2 heterocycles. The van der Waals surface area contributed by atoms with Crippen LogP contribution < -0.4 is 0 Å². The molecule has 174 valence electrons. The van der Waals surface area contributed by atoms with Gasteiger partial charge in [0.25, 0.3) is 0 Å². The van der Waals surface area contributed by atoms with Gasteiger partial charge in [0.1, 0.15) is 6.10 Å². The largest absolute Gasteiger partial charge is 0.490 e. The molecule has 0 bridgehead atoms. The highest BCUT2D eigenvalue weighted by molar-refractivity contribution is 7.90. The molecule has 4 fully saturated rings. The molecule has 0 aromatic heterocycles. The molecule has 8 nitrogen and oxygen atoms in total. The van der Waals surface area contributed by atoms with Crippen molar-refractivity contribution in [2.75, 3.05) is 39.4 Å². The van der Waals surface area contributed by atoms with E-state index in [0.29, 0.717) is 13.2 Å². The predicted octanol–water partition coefficient (Wildman–Crippen LogP) is 1.46. The zero-order chi connectivity index (χ0) is 21.9. The Labute approximate surface area is 174 Å². The van der Waals surface area contributed by atoms with E-state index < -0.39 is 22.2 Å². The predicted molar refractivity (Wildman–Crippen MR) is 101 cm³/mol. The van der Waals surface area contributed by atoms with Crippen LogP contribution in [-0.2, 0) is 24.3 Å². The Kier molecular flexibility index (Phi) is 7.65. The molecule has 0 spiro atoms. The molecular weight excluding hydrogens is 429 g/mol. The summed E-state index contributed by atoms with van der Waals surface area (Å²) in [5.74, 6) is -2.76. The number of nitrogens with zero attached hydrogens (tertiary/aromatic N) is 2. The van der Waals surface area contributed by atoms with Crippen LogP contribution in [0.1, 0.15) is 38.5 Å². The van der Waals surface area contributed by atoms with Crippen LogP contribution >= 0.6 is 0 Å². The number of alkyl halides is 3. The Morgan fingerprint density at radius 2 is 1.73 bits per heavy atom. The van der Waals surface area contributed by atoms with Crippen molar-refractivity contribution in [3.63, 3.8) is 0 Å². The van der Waals surface area contributed by atoms with Gasteiger partial charge in [-0.05, 0) is 51.6 Å². The van der Waals surface area contributed by atoms with Crippen molar-refractivity contribution in [2.45, 2.75) is 68.2 Å². The van der Waals surface area contributed by atoms with Gasteiger partial charge in [0.15, 0.2) is 0 Å². The topological polar surface area (TPSA) is 96.4 Å². The third kappa shape index (κ3) is 5.84. The first kappa shape index (κ1) is 23.7. The lowest BCUT2D eigenvalue weighted by Crippen LogP contribution is -2.54. The first-order chi connectivity index (χ1) is 14.1. The number of carboxylic acids is 1. The molecule has 2 aliphatic carbocycles. The number of hydrogen-bond acceptors (Lipinski definition) is 6. The SMILES string of the molecule is O=C(O)C(F)(F)F.O=S(=O)(C1CC1)N1CCO[C@H]2[C@H](OCCN3CCCC3)CC[C@@H]21. The summed E-state index contributed by atoms with van der Waals surface area (Å²) in [6, 6.07) is -0.00821. The summed E-state index contributed by atoms with van der Waals surface area (Å²) in [5.41, 5.74) is 0. The maximum absolute atomic E-state index is 12.6. The van der Waals surface area contributed by atoms with Crippen molar-refractivity contribution >= 4 is 16.0 Å². The Hall–Kier alpha value is -0.950. The molecular formula is C18H29F3N2O6S. The minimum absolute atomic E-state index is 0.00821. The molecule has 0 unspecified atom stereocenters. The fourth-order valence-corrected chi connectivity index (χ4v) is 6.32. The van der Waals surface area contributed by atoms with Crippen LogP contribution in [0.15, 0.2) is 0 Å². The van der Waals surface area contributed by atoms with Gasteiger partial charge in [-0.15, -0.1) is 0 Å². The number of sulfonamides is 1. The van der Waals surface area contributed by atoms with E-state index in [2.05, 4.69) is 4.90 Å². The minimum Gasteiger partial charge on any atom is -0.475 e. The van der Waals surface area contributed by atoms with E-state index in [-0.39, 0.29) is 23.5 Å². The highest BCUT2D eigenvalue weighted by Gasteiger charge is 2.50. The zero-order valence-electron chi connectivity index (χ0n) is 16.7. The quantitative estimate of drug-likeness (QED) is 0.644. The number of halogens is 3. The molecule has 12 heteroatoms. The Balaban J connectivity index is 0.000000318. The molecule has 2 saturated heterocycles. The van der Waals surface area contributed by atoms with Gasteiger partial charge in [0, 0.05) is 13.1 Å². The average molecular weight is 458 g/mol. The number of carbonyl (C=O) groups is 1. The van der Waals surface area contributed by atoms with Crippen molar-refractivity contribution in [1.29, 1.82) is 0 Å². The van der Waals surface area contributed by atoms with E-state index in [1.54, 1.807) is 4.31 Å². The standard InChI is InChI=1S/C16H28N2O4S.C2HF3O2/c19-23(20,13-3-4-13)18-10-12-22-16-14(18)5-6-15(16)21-11-9-17-7-1-2-8-17;3-2(4,5)1(6)7/h13-16H,1-12H2;(H,6,7)/t14-,15+,16+;/m0./s1. The minimum atomic E-state index is -5.08. The lowest BCUT2D eigenvalue weighted by molar-refractivity contribution is -0.192. The van der Waals surface area contributed by atoms with Crippen molar-refractivity contribution in [2.24, 2.45) is 0 Å². The summed E-state index contributed by atoms with van der Waals surface area (Å²) in [6.07, 6.45) is 0.920. The van der Waals surface area contributed by atoms with Gasteiger partial charge in [-0.2, -0.15) is 17.5 Å². The molecule has 0 amide bonds. The van der Waals surface area contributed by atoms with Crippen LogP contribution in [0.3, 0.4) is 0 Å². The number of ether oxygens (including phenoxy) is 2. The van der Waals surface area contributed by atoms with E-state index in [0.717, 1.165) is 38.8 Å². The summed E-state index contributed by atoms with van der Waals surface area (Å²) in [4.78, 5) is 11.3. The van der Waals surface area contributed by atoms with Crippen LogP contribution in [0.2, 0.25) is 0 Å². The molecule has 4 aliphatic rings. The van der Waals surface area contributed by atoms with Crippen LogP contribution in [-0.4, -0.2) is 97.8 Å². The molecule has 1 N–H and O–H groups in total. The third-order valence-electron chi connectivity index (χ3n) is 5.94. The van der Waals surface area contributed by atoms with Crippen molar-refractivity contribution < 1.29 is 41.0 Å². The molecule has 0 aromatic rings. The third-order valence-corrected chi connectivity index (χ3v) is 8.36. The highest BCUT2D eigenvalue weighted by Crippen LogP contribution is 2.38. The van der Waals surface area contributed by atoms with Crippen LogP contribution in [0, 0.1) is 0 Å². The maximum Gasteiger partial charge on any atom is 0.490 e. The number of likely N-dealkylation sites (tertiary alicyclic amines) is 1. The van der Waals surface area contributed by atoms with E-state index in [4.69, 9.17) is 19.4 Å². The second kappa shape index (κ2) is 9.68. The Morgan fingerprint density at radius 1 is 1.10 bits per heavy atom. The van der Waals surface area contributed by atoms with Crippen LogP contribution in [0.4, 0.5) is 13.2 Å². The number of rotatable bonds is 6. The molecule has 2 saturated carbocycles. The van der Waals surface area contributed by atoms with E-state index >= 15 is 0 Å². The number of carboxylic acid groups (broad SMARTS) is 1. The molecule has 4 rings (SSSR count). The molecule has 30 heavy (non-hydrogen) atoms. The normalized spacial score (nSPS) is 30.6.